The lowest BCUT2D eigenvalue weighted by Crippen LogP contribution is -2.18. The van der Waals surface area contributed by atoms with Crippen molar-refractivity contribution in [1.29, 1.82) is 0 Å². The molecule has 19 heavy (non-hydrogen) atoms. The Labute approximate surface area is 113 Å². The Kier molecular flexibility index (Phi) is 6.58. The molecule has 0 fully saturated rings. The number of aliphatic hydroxyl groups is 1. The van der Waals surface area contributed by atoms with Gasteiger partial charge in [0.15, 0.2) is 0 Å². The van der Waals surface area contributed by atoms with E-state index in [1.165, 1.54) is 0 Å². The molecule has 1 amide bonds. The number of carbonyl (C=O) groups is 1. The van der Waals surface area contributed by atoms with Gasteiger partial charge in [-0.1, -0.05) is 18.8 Å². The molecule has 0 spiro atoms. The van der Waals surface area contributed by atoms with Gasteiger partial charge in [0, 0.05) is 31.9 Å². The lowest BCUT2D eigenvalue weighted by Gasteiger charge is -2.10. The zero-order chi connectivity index (χ0) is 14.1. The fourth-order valence-corrected chi connectivity index (χ4v) is 1.57. The van der Waals surface area contributed by atoms with Crippen LogP contribution in [0.2, 0.25) is 0 Å². The number of aromatic nitrogens is 1. The van der Waals surface area contributed by atoms with Gasteiger partial charge in [-0.2, -0.15) is 0 Å². The molecule has 0 bridgehead atoms. The maximum atomic E-state index is 11.7. The van der Waals surface area contributed by atoms with Gasteiger partial charge >= 0.3 is 0 Å². The van der Waals surface area contributed by atoms with E-state index in [2.05, 4.69) is 22.1 Å². The van der Waals surface area contributed by atoms with Crippen molar-refractivity contribution in [2.45, 2.75) is 13.3 Å². The van der Waals surface area contributed by atoms with Crippen LogP contribution in [0.25, 0.3) is 0 Å². The summed E-state index contributed by atoms with van der Waals surface area (Å²) in [6.45, 7) is 2.29. The highest BCUT2D eigenvalue weighted by molar-refractivity contribution is 5.90. The number of rotatable bonds is 5. The molecule has 0 saturated heterocycles. The Morgan fingerprint density at radius 3 is 3.11 bits per heavy atom. The number of anilines is 1. The van der Waals surface area contributed by atoms with Gasteiger partial charge in [0.2, 0.25) is 5.91 Å². The second-order valence-electron chi connectivity index (χ2n) is 4.20. The first-order chi connectivity index (χ1) is 9.15. The fourth-order valence-electron chi connectivity index (χ4n) is 1.57. The van der Waals surface area contributed by atoms with Crippen LogP contribution in [0.15, 0.2) is 18.3 Å². The first kappa shape index (κ1) is 15.2. The van der Waals surface area contributed by atoms with E-state index in [0.717, 1.165) is 0 Å². The zero-order valence-electron chi connectivity index (χ0n) is 11.1. The molecular weight excluding hydrogens is 244 g/mol. The number of hydrogen-bond donors (Lipinski definition) is 2. The summed E-state index contributed by atoms with van der Waals surface area (Å²) < 4.78 is 4.98. The van der Waals surface area contributed by atoms with Crippen LogP contribution < -0.4 is 5.32 Å². The van der Waals surface area contributed by atoms with Gasteiger partial charge in [0.05, 0.1) is 0 Å². The summed E-state index contributed by atoms with van der Waals surface area (Å²) in [7, 11) is 1.61. The summed E-state index contributed by atoms with van der Waals surface area (Å²) in [4.78, 5) is 15.8. The average Bonchev–Trinajstić information content (AvgIpc) is 2.36. The number of hydrogen-bond acceptors (Lipinski definition) is 4. The van der Waals surface area contributed by atoms with Crippen LogP contribution in [-0.4, -0.2) is 36.3 Å². The maximum Gasteiger partial charge on any atom is 0.225 e. The second-order valence-corrected chi connectivity index (χ2v) is 4.20. The number of pyridine rings is 1. The fraction of sp³-hybridized carbons (Fsp3) is 0.429. The molecule has 1 atom stereocenters. The predicted molar refractivity (Wildman–Crippen MR) is 72.5 cm³/mol. The Balaban J connectivity index is 2.59. The Morgan fingerprint density at radius 1 is 1.63 bits per heavy atom. The van der Waals surface area contributed by atoms with Gasteiger partial charge in [-0.05, 0) is 18.1 Å². The van der Waals surface area contributed by atoms with E-state index < -0.39 is 0 Å². The minimum absolute atomic E-state index is 0.107. The van der Waals surface area contributed by atoms with Crippen molar-refractivity contribution in [1.82, 2.24) is 4.98 Å². The standard InChI is InChI=1S/C14H18N2O3/c1-11(10-19-2)8-14(18)16-13-9-12(4-3-7-17)5-6-15-13/h5-6,9,11,17H,7-8,10H2,1-2H3,(H,15,16,18). The van der Waals surface area contributed by atoms with Gasteiger partial charge in [-0.25, -0.2) is 4.98 Å². The summed E-state index contributed by atoms with van der Waals surface area (Å²) in [5, 5.41) is 11.3. The molecule has 0 radical (unpaired) electrons. The molecule has 0 saturated carbocycles. The summed E-state index contributed by atoms with van der Waals surface area (Å²) in [5.74, 6) is 5.81. The third kappa shape index (κ3) is 6.00. The number of ether oxygens (including phenoxy) is 1. The Bertz CT molecular complexity index is 477. The summed E-state index contributed by atoms with van der Waals surface area (Å²) in [6.07, 6.45) is 1.94. The van der Waals surface area contributed by atoms with Crippen molar-refractivity contribution in [2.24, 2.45) is 5.92 Å². The quantitative estimate of drug-likeness (QED) is 0.778. The van der Waals surface area contributed by atoms with E-state index in [9.17, 15) is 4.79 Å². The average molecular weight is 262 g/mol. The highest BCUT2D eigenvalue weighted by Crippen LogP contribution is 2.08. The molecular formula is C14H18N2O3. The predicted octanol–water partition coefficient (Wildman–Crippen LogP) is 1.04. The topological polar surface area (TPSA) is 71.5 Å². The van der Waals surface area contributed by atoms with Gasteiger partial charge < -0.3 is 15.2 Å². The van der Waals surface area contributed by atoms with Crippen LogP contribution >= 0.6 is 0 Å². The van der Waals surface area contributed by atoms with Crippen LogP contribution in [0.1, 0.15) is 18.9 Å². The SMILES string of the molecule is COCC(C)CC(=O)Nc1cc(C#CCO)ccn1. The van der Waals surface area contributed by atoms with Crippen LogP contribution in [0, 0.1) is 17.8 Å². The Hall–Kier alpha value is -1.90. The molecule has 1 aromatic rings. The van der Waals surface area contributed by atoms with Crippen molar-refractivity contribution in [2.75, 3.05) is 25.6 Å². The third-order valence-electron chi connectivity index (χ3n) is 2.32. The molecule has 0 aromatic carbocycles. The van der Waals surface area contributed by atoms with Crippen molar-refractivity contribution in [3.63, 3.8) is 0 Å². The second kappa shape index (κ2) is 8.25. The third-order valence-corrected chi connectivity index (χ3v) is 2.32. The highest BCUT2D eigenvalue weighted by Gasteiger charge is 2.09. The number of amides is 1. The molecule has 1 aromatic heterocycles. The van der Waals surface area contributed by atoms with E-state index in [-0.39, 0.29) is 18.4 Å². The highest BCUT2D eigenvalue weighted by atomic mass is 16.5. The minimum atomic E-state index is -0.196. The van der Waals surface area contributed by atoms with Gasteiger partial charge in [0.1, 0.15) is 12.4 Å². The van der Waals surface area contributed by atoms with Gasteiger partial charge in [-0.3, -0.25) is 4.79 Å². The summed E-state index contributed by atoms with van der Waals surface area (Å²) >= 11 is 0. The van der Waals surface area contributed by atoms with Crippen LogP contribution in [0.5, 0.6) is 0 Å². The minimum Gasteiger partial charge on any atom is -0.384 e. The van der Waals surface area contributed by atoms with Crippen LogP contribution in [-0.2, 0) is 9.53 Å². The summed E-state index contributed by atoms with van der Waals surface area (Å²) in [5.41, 5.74) is 0.698. The van der Waals surface area contributed by atoms with E-state index >= 15 is 0 Å². The molecule has 0 aliphatic heterocycles. The van der Waals surface area contributed by atoms with Gasteiger partial charge in [-0.15, -0.1) is 0 Å². The lowest BCUT2D eigenvalue weighted by atomic mass is 10.1. The molecule has 5 heteroatoms. The smallest absolute Gasteiger partial charge is 0.225 e. The van der Waals surface area contributed by atoms with Crippen LogP contribution in [0.4, 0.5) is 5.82 Å². The molecule has 1 unspecified atom stereocenters. The molecule has 0 aliphatic carbocycles. The van der Waals surface area contributed by atoms with Crippen molar-refractivity contribution >= 4 is 11.7 Å². The largest absolute Gasteiger partial charge is 0.384 e. The van der Waals surface area contributed by atoms with E-state index in [0.29, 0.717) is 24.4 Å². The van der Waals surface area contributed by atoms with Crippen molar-refractivity contribution in [3.05, 3.63) is 23.9 Å². The molecule has 1 heterocycles. The zero-order valence-corrected chi connectivity index (χ0v) is 11.1. The first-order valence-electron chi connectivity index (χ1n) is 6.00. The molecule has 5 nitrogen and oxygen atoms in total. The van der Waals surface area contributed by atoms with E-state index in [1.54, 1.807) is 25.4 Å². The van der Waals surface area contributed by atoms with Crippen LogP contribution in [0.3, 0.4) is 0 Å². The van der Waals surface area contributed by atoms with Crippen molar-refractivity contribution in [3.8, 4) is 11.8 Å². The van der Waals surface area contributed by atoms with Gasteiger partial charge in [0.25, 0.3) is 0 Å². The molecule has 2 N–H and O–H groups in total. The molecule has 1 rings (SSSR count). The maximum absolute atomic E-state index is 11.7. The first-order valence-corrected chi connectivity index (χ1v) is 6.00. The molecule has 102 valence electrons. The Morgan fingerprint density at radius 2 is 2.42 bits per heavy atom. The van der Waals surface area contributed by atoms with Crippen molar-refractivity contribution < 1.29 is 14.6 Å². The number of methoxy groups -OCH3 is 1. The number of aliphatic hydroxyl groups excluding tert-OH is 1. The number of nitrogens with zero attached hydrogens (tertiary/aromatic N) is 1. The number of carbonyl (C=O) groups excluding carboxylic acids is 1. The monoisotopic (exact) mass is 262 g/mol. The lowest BCUT2D eigenvalue weighted by molar-refractivity contribution is -0.117. The summed E-state index contributed by atoms with van der Waals surface area (Å²) in [6, 6.07) is 3.38. The van der Waals surface area contributed by atoms with E-state index in [4.69, 9.17) is 9.84 Å². The number of nitrogens with one attached hydrogen (secondary N) is 1. The van der Waals surface area contributed by atoms with E-state index in [1.807, 2.05) is 6.92 Å². The normalized spacial score (nSPS) is 11.3. The molecule has 0 aliphatic rings.